The van der Waals surface area contributed by atoms with Crippen LogP contribution in [0.3, 0.4) is 0 Å². The number of aldehydes is 1. The number of primary amides is 1. The predicted molar refractivity (Wildman–Crippen MR) is 41.8 cm³/mol. The van der Waals surface area contributed by atoms with Crippen LogP contribution in [0.4, 0.5) is 0 Å². The molecule has 0 saturated carbocycles. The van der Waals surface area contributed by atoms with Crippen molar-refractivity contribution in [2.75, 3.05) is 0 Å². The molecule has 0 aromatic heterocycles. The fraction of sp³-hybridized carbons (Fsp3) is 0.667. The fourth-order valence-corrected chi connectivity index (χ4v) is 0.850. The SMILES string of the molecule is CC(C[C@H](S)C=O)C(N)=O. The van der Waals surface area contributed by atoms with Gasteiger partial charge in [-0.05, 0) is 6.42 Å². The van der Waals surface area contributed by atoms with E-state index in [9.17, 15) is 9.59 Å². The molecule has 0 fully saturated rings. The molecule has 3 nitrogen and oxygen atoms in total. The molecule has 0 heterocycles. The van der Waals surface area contributed by atoms with E-state index in [2.05, 4.69) is 12.6 Å². The van der Waals surface area contributed by atoms with Crippen molar-refractivity contribution >= 4 is 24.8 Å². The average molecular weight is 161 g/mol. The molecule has 2 atom stereocenters. The minimum Gasteiger partial charge on any atom is -0.369 e. The Morgan fingerprint density at radius 2 is 2.30 bits per heavy atom. The molecule has 0 bridgehead atoms. The zero-order valence-electron chi connectivity index (χ0n) is 5.78. The van der Waals surface area contributed by atoms with E-state index in [1.807, 2.05) is 0 Å². The molecule has 1 amide bonds. The van der Waals surface area contributed by atoms with E-state index in [-0.39, 0.29) is 17.1 Å². The average Bonchev–Trinajstić information content (AvgIpc) is 1.87. The highest BCUT2D eigenvalue weighted by Crippen LogP contribution is 2.07. The molecule has 0 spiro atoms. The Bertz CT molecular complexity index is 138. The maximum Gasteiger partial charge on any atom is 0.220 e. The molecule has 0 rings (SSSR count). The van der Waals surface area contributed by atoms with E-state index in [0.717, 1.165) is 0 Å². The quantitative estimate of drug-likeness (QED) is 0.450. The van der Waals surface area contributed by atoms with E-state index in [1.165, 1.54) is 0 Å². The van der Waals surface area contributed by atoms with Crippen molar-refractivity contribution in [3.63, 3.8) is 0 Å². The Balaban J connectivity index is 3.67. The molecule has 0 aliphatic rings. The molecular weight excluding hydrogens is 150 g/mol. The molecule has 0 aliphatic carbocycles. The Hall–Kier alpha value is -0.510. The van der Waals surface area contributed by atoms with Gasteiger partial charge in [0.2, 0.25) is 5.91 Å². The number of hydrogen-bond donors (Lipinski definition) is 2. The molecule has 58 valence electrons. The topological polar surface area (TPSA) is 60.2 Å². The lowest BCUT2D eigenvalue weighted by Crippen LogP contribution is -2.23. The first kappa shape index (κ1) is 9.49. The maximum atomic E-state index is 10.4. The van der Waals surface area contributed by atoms with Gasteiger partial charge in [-0.25, -0.2) is 0 Å². The van der Waals surface area contributed by atoms with E-state index >= 15 is 0 Å². The van der Waals surface area contributed by atoms with Crippen LogP contribution >= 0.6 is 12.6 Å². The van der Waals surface area contributed by atoms with E-state index < -0.39 is 0 Å². The van der Waals surface area contributed by atoms with E-state index in [0.29, 0.717) is 12.7 Å². The van der Waals surface area contributed by atoms with Crippen molar-refractivity contribution in [2.45, 2.75) is 18.6 Å². The summed E-state index contributed by atoms with van der Waals surface area (Å²) < 4.78 is 0. The molecule has 4 heteroatoms. The van der Waals surface area contributed by atoms with Gasteiger partial charge in [0.15, 0.2) is 0 Å². The van der Waals surface area contributed by atoms with Crippen LogP contribution in [0, 0.1) is 5.92 Å². The van der Waals surface area contributed by atoms with Gasteiger partial charge in [-0.15, -0.1) is 0 Å². The summed E-state index contributed by atoms with van der Waals surface area (Å²) in [5.41, 5.74) is 4.95. The summed E-state index contributed by atoms with van der Waals surface area (Å²) in [7, 11) is 0. The van der Waals surface area contributed by atoms with Gasteiger partial charge in [0.05, 0.1) is 5.25 Å². The zero-order chi connectivity index (χ0) is 8.15. The van der Waals surface area contributed by atoms with Gasteiger partial charge in [0.1, 0.15) is 6.29 Å². The number of rotatable bonds is 4. The molecule has 0 saturated heterocycles. The van der Waals surface area contributed by atoms with E-state index in [4.69, 9.17) is 5.73 Å². The summed E-state index contributed by atoms with van der Waals surface area (Å²) in [5.74, 6) is -0.659. The minimum atomic E-state index is -0.388. The van der Waals surface area contributed by atoms with Gasteiger partial charge < -0.3 is 10.5 Å². The van der Waals surface area contributed by atoms with Crippen LogP contribution in [0.25, 0.3) is 0 Å². The van der Waals surface area contributed by atoms with Crippen molar-refractivity contribution in [2.24, 2.45) is 11.7 Å². The van der Waals surface area contributed by atoms with Gasteiger partial charge in [0.25, 0.3) is 0 Å². The second-order valence-corrected chi connectivity index (χ2v) is 2.91. The first-order valence-corrected chi connectivity index (χ1v) is 3.52. The van der Waals surface area contributed by atoms with Crippen LogP contribution in [-0.4, -0.2) is 17.4 Å². The monoisotopic (exact) mass is 161 g/mol. The normalized spacial score (nSPS) is 15.8. The standard InChI is InChI=1S/C6H11NO2S/c1-4(6(7)9)2-5(10)3-8/h3-5,10H,2H2,1H3,(H2,7,9)/t4?,5-/m0/s1. The van der Waals surface area contributed by atoms with Crippen LogP contribution in [0.1, 0.15) is 13.3 Å². The Morgan fingerprint density at radius 3 is 2.60 bits per heavy atom. The Morgan fingerprint density at radius 1 is 1.80 bits per heavy atom. The molecule has 0 aromatic carbocycles. The lowest BCUT2D eigenvalue weighted by molar-refractivity contribution is -0.121. The second-order valence-electron chi connectivity index (χ2n) is 2.24. The van der Waals surface area contributed by atoms with Crippen molar-refractivity contribution in [1.29, 1.82) is 0 Å². The molecular formula is C6H11NO2S. The van der Waals surface area contributed by atoms with Crippen molar-refractivity contribution in [3.05, 3.63) is 0 Å². The Kier molecular flexibility index (Phi) is 4.11. The predicted octanol–water partition coefficient (Wildman–Crippen LogP) is -0.00480. The van der Waals surface area contributed by atoms with Crippen molar-refractivity contribution in [1.82, 2.24) is 0 Å². The second kappa shape index (κ2) is 4.33. The summed E-state index contributed by atoms with van der Waals surface area (Å²) in [6, 6.07) is 0. The first-order chi connectivity index (χ1) is 4.57. The third-order valence-electron chi connectivity index (χ3n) is 1.24. The number of carbonyl (C=O) groups excluding carboxylic acids is 2. The fourth-order valence-electron chi connectivity index (χ4n) is 0.534. The van der Waals surface area contributed by atoms with Gasteiger partial charge in [-0.2, -0.15) is 12.6 Å². The smallest absolute Gasteiger partial charge is 0.220 e. The van der Waals surface area contributed by atoms with Gasteiger partial charge in [-0.3, -0.25) is 4.79 Å². The number of carbonyl (C=O) groups is 2. The number of amides is 1. The summed E-state index contributed by atoms with van der Waals surface area (Å²) in [5, 5.41) is -0.373. The molecule has 0 aromatic rings. The third-order valence-corrected chi connectivity index (χ3v) is 1.57. The number of hydrogen-bond acceptors (Lipinski definition) is 3. The summed E-state index contributed by atoms with van der Waals surface area (Å²) in [6.07, 6.45) is 1.12. The molecule has 2 N–H and O–H groups in total. The summed E-state index contributed by atoms with van der Waals surface area (Å²) >= 11 is 3.89. The van der Waals surface area contributed by atoms with Crippen molar-refractivity contribution in [3.8, 4) is 0 Å². The number of nitrogens with two attached hydrogens (primary N) is 1. The van der Waals surface area contributed by atoms with Crippen LogP contribution in [0.2, 0.25) is 0 Å². The van der Waals surface area contributed by atoms with Gasteiger partial charge >= 0.3 is 0 Å². The van der Waals surface area contributed by atoms with Crippen LogP contribution in [0.15, 0.2) is 0 Å². The Labute approximate surface area is 65.4 Å². The lowest BCUT2D eigenvalue weighted by atomic mass is 10.1. The van der Waals surface area contributed by atoms with E-state index in [1.54, 1.807) is 6.92 Å². The lowest BCUT2D eigenvalue weighted by Gasteiger charge is -2.06. The minimum absolute atomic E-state index is 0.271. The molecule has 10 heavy (non-hydrogen) atoms. The zero-order valence-corrected chi connectivity index (χ0v) is 6.67. The molecule has 1 unspecified atom stereocenters. The number of thiol groups is 1. The highest BCUT2D eigenvalue weighted by Gasteiger charge is 2.12. The van der Waals surface area contributed by atoms with Crippen LogP contribution in [-0.2, 0) is 9.59 Å². The highest BCUT2D eigenvalue weighted by atomic mass is 32.1. The van der Waals surface area contributed by atoms with Gasteiger partial charge in [-0.1, -0.05) is 6.92 Å². The van der Waals surface area contributed by atoms with Crippen molar-refractivity contribution < 1.29 is 9.59 Å². The van der Waals surface area contributed by atoms with Gasteiger partial charge in [0, 0.05) is 5.92 Å². The summed E-state index contributed by atoms with van der Waals surface area (Å²) in [4.78, 5) is 20.5. The molecule has 0 aliphatic heterocycles. The highest BCUT2D eigenvalue weighted by molar-refractivity contribution is 7.81. The maximum absolute atomic E-state index is 10.4. The molecule has 0 radical (unpaired) electrons. The largest absolute Gasteiger partial charge is 0.369 e. The first-order valence-electron chi connectivity index (χ1n) is 3.00. The van der Waals surface area contributed by atoms with Crippen LogP contribution in [0.5, 0.6) is 0 Å². The summed E-state index contributed by atoms with van der Waals surface area (Å²) in [6.45, 7) is 1.68. The van der Waals surface area contributed by atoms with Crippen LogP contribution < -0.4 is 5.73 Å². The third kappa shape index (κ3) is 3.50.